The maximum Gasteiger partial charge on any atom is 0.293 e. The molecule has 1 fully saturated rings. The Morgan fingerprint density at radius 3 is 2.55 bits per heavy atom. The summed E-state index contributed by atoms with van der Waals surface area (Å²) in [4.78, 5) is 26.1. The molecule has 2 aromatic rings. The number of nitrogens with zero attached hydrogens (tertiary/aromatic N) is 2. The first-order valence-corrected chi connectivity index (χ1v) is 7.84. The molecule has 112 valence electrons. The number of amides is 2. The summed E-state index contributed by atoms with van der Waals surface area (Å²) in [7, 11) is 1.91. The first kappa shape index (κ1) is 14.9. The number of imide groups is 1. The summed E-state index contributed by atoms with van der Waals surface area (Å²) in [5.74, 6) is -0.256. The molecule has 3 rings (SSSR count). The molecule has 1 aliphatic heterocycles. The Bertz CT molecular complexity index is 765. The van der Waals surface area contributed by atoms with Crippen LogP contribution in [0.2, 0.25) is 5.02 Å². The molecule has 6 heteroatoms. The van der Waals surface area contributed by atoms with Crippen LogP contribution in [0.3, 0.4) is 0 Å². The fourth-order valence-electron chi connectivity index (χ4n) is 2.17. The number of hydrogen-bond acceptors (Lipinski definition) is 3. The van der Waals surface area contributed by atoms with Crippen LogP contribution in [0.1, 0.15) is 11.1 Å². The van der Waals surface area contributed by atoms with E-state index in [1.165, 1.54) is 4.90 Å². The zero-order chi connectivity index (χ0) is 15.7. The Balaban J connectivity index is 1.79. The van der Waals surface area contributed by atoms with Gasteiger partial charge in [0.25, 0.3) is 11.1 Å². The van der Waals surface area contributed by atoms with Crippen molar-refractivity contribution < 1.29 is 9.59 Å². The van der Waals surface area contributed by atoms with Crippen molar-refractivity contribution in [3.8, 4) is 0 Å². The average molecular weight is 333 g/mol. The van der Waals surface area contributed by atoms with Gasteiger partial charge in [0.15, 0.2) is 0 Å². The van der Waals surface area contributed by atoms with Crippen molar-refractivity contribution in [1.29, 1.82) is 0 Å². The second-order valence-electron chi connectivity index (χ2n) is 5.00. The van der Waals surface area contributed by atoms with Gasteiger partial charge in [-0.25, -0.2) is 0 Å². The second-order valence-corrected chi connectivity index (χ2v) is 6.43. The monoisotopic (exact) mass is 332 g/mol. The Morgan fingerprint density at radius 1 is 1.18 bits per heavy atom. The summed E-state index contributed by atoms with van der Waals surface area (Å²) in [5, 5.41) is 0.379. The molecule has 1 aliphatic rings. The van der Waals surface area contributed by atoms with Crippen LogP contribution in [0.4, 0.5) is 4.79 Å². The summed E-state index contributed by atoms with van der Waals surface area (Å²) >= 11 is 6.81. The van der Waals surface area contributed by atoms with Crippen molar-refractivity contribution in [3.05, 3.63) is 63.8 Å². The van der Waals surface area contributed by atoms with E-state index >= 15 is 0 Å². The maximum atomic E-state index is 12.4. The number of rotatable bonds is 3. The maximum absolute atomic E-state index is 12.4. The van der Waals surface area contributed by atoms with Gasteiger partial charge in [0.05, 0.1) is 11.4 Å². The topological polar surface area (TPSA) is 42.3 Å². The zero-order valence-electron chi connectivity index (χ0n) is 11.8. The smallest absolute Gasteiger partial charge is 0.293 e. The minimum atomic E-state index is -0.256. The molecule has 1 saturated heterocycles. The quantitative estimate of drug-likeness (QED) is 0.800. The van der Waals surface area contributed by atoms with Crippen molar-refractivity contribution in [1.82, 2.24) is 9.47 Å². The Labute approximate surface area is 137 Å². The van der Waals surface area contributed by atoms with Crippen LogP contribution >= 0.6 is 23.4 Å². The molecular weight excluding hydrogens is 320 g/mol. The lowest BCUT2D eigenvalue weighted by atomic mass is 10.2. The average Bonchev–Trinajstić information content (AvgIpc) is 3.00. The van der Waals surface area contributed by atoms with Gasteiger partial charge in [0.1, 0.15) is 0 Å². The lowest BCUT2D eigenvalue weighted by Crippen LogP contribution is -2.27. The molecule has 0 unspecified atom stereocenters. The number of benzene rings is 1. The molecule has 0 radical (unpaired) electrons. The molecule has 22 heavy (non-hydrogen) atoms. The van der Waals surface area contributed by atoms with E-state index in [1.807, 2.05) is 42.2 Å². The second kappa shape index (κ2) is 6.02. The first-order chi connectivity index (χ1) is 10.5. The Hall–Kier alpha value is -1.98. The van der Waals surface area contributed by atoms with E-state index in [9.17, 15) is 9.59 Å². The van der Waals surface area contributed by atoms with E-state index in [-0.39, 0.29) is 17.7 Å². The number of carbonyl (C=O) groups is 2. The molecule has 4 nitrogen and oxygen atoms in total. The molecule has 1 aromatic heterocycles. The Morgan fingerprint density at radius 2 is 1.91 bits per heavy atom. The molecule has 0 spiro atoms. The van der Waals surface area contributed by atoms with Crippen molar-refractivity contribution in [2.24, 2.45) is 7.05 Å². The molecule has 0 aliphatic carbocycles. The van der Waals surface area contributed by atoms with Crippen LogP contribution < -0.4 is 0 Å². The fraction of sp³-hybridized carbons (Fsp3) is 0.125. The van der Waals surface area contributed by atoms with Gasteiger partial charge in [0, 0.05) is 24.5 Å². The number of carbonyl (C=O) groups excluding carboxylic acids is 2. The van der Waals surface area contributed by atoms with Gasteiger partial charge in [-0.3, -0.25) is 14.5 Å². The number of thioether (sulfide) groups is 1. The standard InChI is InChI=1S/C16H13ClN2O2S/c1-18-7-6-12(9-18)8-14-15(20)19(16(21)22-14)10-11-2-4-13(17)5-3-11/h2-9H,10H2,1H3/b14-8+. The predicted molar refractivity (Wildman–Crippen MR) is 88.4 cm³/mol. The van der Waals surface area contributed by atoms with Gasteiger partial charge in [0.2, 0.25) is 0 Å². The molecule has 0 atom stereocenters. The highest BCUT2D eigenvalue weighted by Gasteiger charge is 2.34. The third-order valence-electron chi connectivity index (χ3n) is 3.28. The van der Waals surface area contributed by atoms with Crippen molar-refractivity contribution in [2.45, 2.75) is 6.54 Å². The minimum Gasteiger partial charge on any atom is -0.357 e. The number of halogens is 1. The van der Waals surface area contributed by atoms with E-state index in [4.69, 9.17) is 11.6 Å². The van der Waals surface area contributed by atoms with Gasteiger partial charge >= 0.3 is 0 Å². The predicted octanol–water partition coefficient (Wildman–Crippen LogP) is 3.92. The minimum absolute atomic E-state index is 0.248. The number of hydrogen-bond donors (Lipinski definition) is 0. The van der Waals surface area contributed by atoms with Crippen molar-refractivity contribution >= 4 is 40.6 Å². The lowest BCUT2D eigenvalue weighted by Gasteiger charge is -2.12. The molecular formula is C16H13ClN2O2S. The molecule has 0 N–H and O–H groups in total. The van der Waals surface area contributed by atoms with E-state index < -0.39 is 0 Å². The van der Waals surface area contributed by atoms with Gasteiger partial charge in [-0.05, 0) is 47.2 Å². The largest absolute Gasteiger partial charge is 0.357 e. The highest BCUT2D eigenvalue weighted by atomic mass is 35.5. The van der Waals surface area contributed by atoms with Crippen LogP contribution in [0.25, 0.3) is 6.08 Å². The van der Waals surface area contributed by atoms with E-state index in [1.54, 1.807) is 18.2 Å². The first-order valence-electron chi connectivity index (χ1n) is 6.65. The third-order valence-corrected chi connectivity index (χ3v) is 4.44. The van der Waals surface area contributed by atoms with E-state index in [2.05, 4.69) is 0 Å². The summed E-state index contributed by atoms with van der Waals surface area (Å²) in [6.07, 6.45) is 5.53. The summed E-state index contributed by atoms with van der Waals surface area (Å²) < 4.78 is 1.89. The lowest BCUT2D eigenvalue weighted by molar-refractivity contribution is -0.123. The molecule has 0 bridgehead atoms. The molecule has 0 saturated carbocycles. The third kappa shape index (κ3) is 3.10. The summed E-state index contributed by atoms with van der Waals surface area (Å²) in [5.41, 5.74) is 1.77. The zero-order valence-corrected chi connectivity index (χ0v) is 13.4. The van der Waals surface area contributed by atoms with Gasteiger partial charge < -0.3 is 4.57 Å². The fourth-order valence-corrected chi connectivity index (χ4v) is 3.13. The van der Waals surface area contributed by atoms with E-state index in [0.29, 0.717) is 9.93 Å². The van der Waals surface area contributed by atoms with Crippen LogP contribution in [0.5, 0.6) is 0 Å². The highest BCUT2D eigenvalue weighted by Crippen LogP contribution is 2.33. The van der Waals surface area contributed by atoms with Crippen LogP contribution in [-0.4, -0.2) is 20.6 Å². The highest BCUT2D eigenvalue weighted by molar-refractivity contribution is 8.18. The number of aryl methyl sites for hydroxylation is 1. The van der Waals surface area contributed by atoms with Gasteiger partial charge in [-0.2, -0.15) is 0 Å². The number of aromatic nitrogens is 1. The molecule has 2 amide bonds. The molecule has 2 heterocycles. The normalized spacial score (nSPS) is 16.8. The molecule has 1 aromatic carbocycles. The summed E-state index contributed by atoms with van der Waals surface area (Å²) in [6.45, 7) is 0.258. The Kier molecular flexibility index (Phi) is 4.09. The van der Waals surface area contributed by atoms with E-state index in [0.717, 1.165) is 22.9 Å². The van der Waals surface area contributed by atoms with Crippen molar-refractivity contribution in [2.75, 3.05) is 0 Å². The van der Waals surface area contributed by atoms with Crippen LogP contribution in [-0.2, 0) is 18.4 Å². The van der Waals surface area contributed by atoms with Crippen LogP contribution in [0.15, 0.2) is 47.6 Å². The van der Waals surface area contributed by atoms with Gasteiger partial charge in [-0.15, -0.1) is 0 Å². The SMILES string of the molecule is Cn1ccc(/C=C2/SC(=O)N(Cc3ccc(Cl)cc3)C2=O)c1. The van der Waals surface area contributed by atoms with Crippen LogP contribution in [0, 0.1) is 0 Å². The summed E-state index contributed by atoms with van der Waals surface area (Å²) in [6, 6.07) is 9.01. The van der Waals surface area contributed by atoms with Crippen molar-refractivity contribution in [3.63, 3.8) is 0 Å². The van der Waals surface area contributed by atoms with Gasteiger partial charge in [-0.1, -0.05) is 23.7 Å².